The summed E-state index contributed by atoms with van der Waals surface area (Å²) in [4.78, 5) is 21.4. The van der Waals surface area contributed by atoms with Gasteiger partial charge >= 0.3 is 5.97 Å². The van der Waals surface area contributed by atoms with Crippen molar-refractivity contribution in [1.29, 1.82) is 0 Å². The van der Waals surface area contributed by atoms with Crippen LogP contribution >= 0.6 is 11.6 Å². The highest BCUT2D eigenvalue weighted by atomic mass is 35.5. The van der Waals surface area contributed by atoms with Gasteiger partial charge in [-0.3, -0.25) is 19.1 Å². The van der Waals surface area contributed by atoms with Gasteiger partial charge in [0, 0.05) is 27.5 Å². The molecule has 0 aliphatic carbocycles. The summed E-state index contributed by atoms with van der Waals surface area (Å²) in [7, 11) is -1.77. The van der Waals surface area contributed by atoms with Gasteiger partial charge in [-0.05, 0) is 18.1 Å². The average molecular weight is 320 g/mol. The number of hydrogen-bond donors (Lipinski definition) is 1. The third-order valence-corrected chi connectivity index (χ3v) is 4.81. The Morgan fingerprint density at radius 1 is 1.50 bits per heavy atom. The zero-order valence-corrected chi connectivity index (χ0v) is 12.5. The third kappa shape index (κ3) is 4.01. The predicted molar refractivity (Wildman–Crippen MR) is 76.2 cm³/mol. The van der Waals surface area contributed by atoms with Crippen LogP contribution in [0.4, 0.5) is 5.69 Å². The summed E-state index contributed by atoms with van der Waals surface area (Å²) in [6.45, 7) is 3.28. The first-order valence-corrected chi connectivity index (χ1v) is 7.52. The molecule has 0 amide bonds. The van der Waals surface area contributed by atoms with E-state index in [0.29, 0.717) is 0 Å². The van der Waals surface area contributed by atoms with Gasteiger partial charge < -0.3 is 5.11 Å². The summed E-state index contributed by atoms with van der Waals surface area (Å²) in [6.07, 6.45) is 0. The van der Waals surface area contributed by atoms with Gasteiger partial charge in [0.05, 0.1) is 10.7 Å². The van der Waals surface area contributed by atoms with Crippen LogP contribution in [-0.4, -0.2) is 25.5 Å². The quantitative estimate of drug-likeness (QED) is 0.642. The summed E-state index contributed by atoms with van der Waals surface area (Å²) in [5.74, 6) is -1.74. The van der Waals surface area contributed by atoms with Crippen molar-refractivity contribution in [1.82, 2.24) is 0 Å². The van der Waals surface area contributed by atoms with E-state index in [1.165, 1.54) is 18.2 Å². The molecule has 6 nitrogen and oxygen atoms in total. The van der Waals surface area contributed by atoms with E-state index in [4.69, 9.17) is 16.7 Å². The van der Waals surface area contributed by atoms with Crippen LogP contribution in [0.15, 0.2) is 18.2 Å². The van der Waals surface area contributed by atoms with E-state index in [1.807, 2.05) is 0 Å². The monoisotopic (exact) mass is 319 g/mol. The molecule has 1 aromatic rings. The lowest BCUT2D eigenvalue weighted by atomic mass is 10.1. The molecule has 0 saturated heterocycles. The van der Waals surface area contributed by atoms with E-state index < -0.39 is 26.9 Å². The maximum Gasteiger partial charge on any atom is 0.319 e. The van der Waals surface area contributed by atoms with Gasteiger partial charge in [-0.2, -0.15) is 0 Å². The molecule has 2 unspecified atom stereocenters. The summed E-state index contributed by atoms with van der Waals surface area (Å²) in [5, 5.41) is 19.2. The van der Waals surface area contributed by atoms with E-state index in [0.717, 1.165) is 0 Å². The molecule has 0 bridgehead atoms. The lowest BCUT2D eigenvalue weighted by molar-refractivity contribution is -0.385. The van der Waals surface area contributed by atoms with Crippen LogP contribution in [0.5, 0.6) is 0 Å². The summed E-state index contributed by atoms with van der Waals surface area (Å²) in [5.41, 5.74) is -0.0385. The Labute approximate surface area is 123 Å². The molecule has 0 aliphatic rings. The minimum atomic E-state index is -1.77. The topological polar surface area (TPSA) is 97.5 Å². The fraction of sp³-hybridized carbons (Fsp3) is 0.417. The number of carbonyl (C=O) groups is 1. The maximum absolute atomic E-state index is 12.1. The Bertz CT molecular complexity index is 561. The van der Waals surface area contributed by atoms with Gasteiger partial charge in [0.15, 0.2) is 0 Å². The number of carboxylic acid groups (broad SMARTS) is 1. The zero-order chi connectivity index (χ0) is 15.4. The fourth-order valence-corrected chi connectivity index (χ4v) is 3.54. The van der Waals surface area contributed by atoms with E-state index in [-0.39, 0.29) is 27.9 Å². The molecular weight excluding hydrogens is 306 g/mol. The molecule has 0 aromatic heterocycles. The van der Waals surface area contributed by atoms with Crippen molar-refractivity contribution in [2.45, 2.75) is 24.9 Å². The maximum atomic E-state index is 12.1. The summed E-state index contributed by atoms with van der Waals surface area (Å²) < 4.78 is 12.1. The Balaban J connectivity index is 3.09. The number of benzene rings is 1. The van der Waals surface area contributed by atoms with Gasteiger partial charge in [0.2, 0.25) is 0 Å². The van der Waals surface area contributed by atoms with Crippen molar-refractivity contribution in [2.75, 3.05) is 0 Å². The molecule has 0 fully saturated rings. The SMILES string of the molecule is CC(C)C(C(=O)O)S(=O)Cc1cc(Cl)ccc1[N+](=O)[O-]. The van der Waals surface area contributed by atoms with Crippen molar-refractivity contribution >= 4 is 34.1 Å². The normalized spacial score (nSPS) is 14.0. The van der Waals surface area contributed by atoms with E-state index in [1.54, 1.807) is 13.8 Å². The molecule has 2 atom stereocenters. The molecule has 1 aromatic carbocycles. The predicted octanol–water partition coefficient (Wildman–Crippen LogP) is 2.61. The van der Waals surface area contributed by atoms with Crippen LogP contribution in [0, 0.1) is 16.0 Å². The number of aliphatic carboxylic acids is 1. The Kier molecular flexibility index (Phi) is 5.64. The van der Waals surface area contributed by atoms with Crippen LogP contribution in [-0.2, 0) is 21.3 Å². The molecule has 0 heterocycles. The van der Waals surface area contributed by atoms with E-state index >= 15 is 0 Å². The van der Waals surface area contributed by atoms with Gasteiger partial charge in [-0.25, -0.2) is 0 Å². The smallest absolute Gasteiger partial charge is 0.319 e. The second-order valence-electron chi connectivity index (χ2n) is 4.56. The van der Waals surface area contributed by atoms with E-state index in [9.17, 15) is 19.1 Å². The summed E-state index contributed by atoms with van der Waals surface area (Å²) >= 11 is 5.77. The van der Waals surface area contributed by atoms with Gasteiger partial charge in [0.25, 0.3) is 5.69 Å². The first kappa shape index (κ1) is 16.6. The van der Waals surface area contributed by atoms with Crippen LogP contribution < -0.4 is 0 Å². The number of halogens is 1. The Morgan fingerprint density at radius 2 is 2.10 bits per heavy atom. The number of hydrogen-bond acceptors (Lipinski definition) is 4. The first-order valence-electron chi connectivity index (χ1n) is 5.76. The Hall–Kier alpha value is -1.47. The molecular formula is C12H14ClNO5S. The molecule has 8 heteroatoms. The first-order chi connectivity index (χ1) is 9.23. The van der Waals surface area contributed by atoms with Crippen molar-refractivity contribution in [3.8, 4) is 0 Å². The molecule has 0 spiro atoms. The lowest BCUT2D eigenvalue weighted by Gasteiger charge is -2.15. The number of carboxylic acids is 1. The molecule has 110 valence electrons. The van der Waals surface area contributed by atoms with Gasteiger partial charge in [0.1, 0.15) is 5.25 Å². The Morgan fingerprint density at radius 3 is 2.55 bits per heavy atom. The fourth-order valence-electron chi connectivity index (χ4n) is 1.79. The molecule has 20 heavy (non-hydrogen) atoms. The summed E-state index contributed by atoms with van der Waals surface area (Å²) in [6, 6.07) is 3.93. The van der Waals surface area contributed by atoms with Crippen LogP contribution in [0.3, 0.4) is 0 Å². The lowest BCUT2D eigenvalue weighted by Crippen LogP contribution is -2.31. The van der Waals surface area contributed by atoms with Crippen molar-refractivity contribution in [2.24, 2.45) is 5.92 Å². The molecule has 0 radical (unpaired) electrons. The average Bonchev–Trinajstić information content (AvgIpc) is 2.26. The van der Waals surface area contributed by atoms with Crippen LogP contribution in [0.1, 0.15) is 19.4 Å². The largest absolute Gasteiger partial charge is 0.480 e. The molecule has 0 saturated carbocycles. The number of rotatable bonds is 6. The number of nitro benzene ring substituents is 1. The van der Waals surface area contributed by atoms with Gasteiger partial charge in [-0.15, -0.1) is 0 Å². The van der Waals surface area contributed by atoms with Gasteiger partial charge in [-0.1, -0.05) is 25.4 Å². The minimum Gasteiger partial charge on any atom is -0.480 e. The number of nitrogens with zero attached hydrogens (tertiary/aromatic N) is 1. The molecule has 1 N–H and O–H groups in total. The zero-order valence-electron chi connectivity index (χ0n) is 10.9. The van der Waals surface area contributed by atoms with Crippen molar-refractivity contribution < 1.29 is 19.0 Å². The highest BCUT2D eigenvalue weighted by Crippen LogP contribution is 2.25. The highest BCUT2D eigenvalue weighted by molar-refractivity contribution is 7.85. The number of nitro groups is 1. The highest BCUT2D eigenvalue weighted by Gasteiger charge is 2.29. The minimum absolute atomic E-state index is 0.174. The van der Waals surface area contributed by atoms with Crippen LogP contribution in [0.2, 0.25) is 5.02 Å². The second kappa shape index (κ2) is 6.81. The molecule has 0 aliphatic heterocycles. The standard InChI is InChI=1S/C12H14ClNO5S/c1-7(2)11(12(15)16)20(19)6-8-5-9(13)3-4-10(8)14(17)18/h3-5,7,11H,6H2,1-2H3,(H,15,16). The van der Waals surface area contributed by atoms with E-state index in [2.05, 4.69) is 0 Å². The molecule has 1 rings (SSSR count). The van der Waals surface area contributed by atoms with Crippen molar-refractivity contribution in [3.63, 3.8) is 0 Å². The third-order valence-electron chi connectivity index (χ3n) is 2.67. The van der Waals surface area contributed by atoms with Crippen molar-refractivity contribution in [3.05, 3.63) is 38.9 Å². The van der Waals surface area contributed by atoms with Crippen LogP contribution in [0.25, 0.3) is 0 Å². The second-order valence-corrected chi connectivity index (χ2v) is 6.55.